The van der Waals surface area contributed by atoms with E-state index in [2.05, 4.69) is 38.6 Å². The number of likely N-dealkylation sites (tertiary alicyclic amines) is 1. The van der Waals surface area contributed by atoms with Crippen LogP contribution >= 0.6 is 12.6 Å². The molecule has 0 N–H and O–H groups in total. The number of fused-ring (bicyclic) bond motifs is 5. The summed E-state index contributed by atoms with van der Waals surface area (Å²) in [7, 11) is 1.68. The molecule has 1 amide bonds. The maximum atomic E-state index is 15.7. The number of amides is 1. The lowest BCUT2D eigenvalue weighted by atomic mass is 9.46. The molecule has 4 aliphatic rings. The zero-order chi connectivity index (χ0) is 22.2. The summed E-state index contributed by atoms with van der Waals surface area (Å²) in [5.41, 5.74) is -1.49. The van der Waals surface area contributed by atoms with E-state index < -0.39 is 22.1 Å². The van der Waals surface area contributed by atoms with Gasteiger partial charge in [-0.15, -0.1) is 12.6 Å². The number of hydrogen-bond donors (Lipinski definition) is 1. The Morgan fingerprint density at radius 3 is 2.55 bits per heavy atom. The molecular formula is C25H33FN2O2S. The summed E-state index contributed by atoms with van der Waals surface area (Å²) < 4.78 is 15.7. The Kier molecular flexibility index (Phi) is 4.86. The Balaban J connectivity index is 1.48. The molecule has 4 fully saturated rings. The predicted octanol–water partition coefficient (Wildman–Crippen LogP) is 4.80. The van der Waals surface area contributed by atoms with Gasteiger partial charge in [0, 0.05) is 37.3 Å². The predicted molar refractivity (Wildman–Crippen MR) is 120 cm³/mol. The number of rotatable bonds is 2. The van der Waals surface area contributed by atoms with E-state index in [1.54, 1.807) is 7.05 Å². The van der Waals surface area contributed by atoms with E-state index in [0.29, 0.717) is 23.7 Å². The highest BCUT2D eigenvalue weighted by molar-refractivity contribution is 7.97. The van der Waals surface area contributed by atoms with Crippen LogP contribution in [0.4, 0.5) is 4.39 Å². The van der Waals surface area contributed by atoms with Crippen molar-refractivity contribution in [1.29, 1.82) is 0 Å². The topological polar surface area (TPSA) is 50.3 Å². The van der Waals surface area contributed by atoms with Gasteiger partial charge in [-0.25, -0.2) is 4.39 Å². The van der Waals surface area contributed by atoms with Crippen molar-refractivity contribution in [3.8, 4) is 0 Å². The molecule has 3 unspecified atom stereocenters. The molecule has 31 heavy (non-hydrogen) atoms. The first-order valence-corrected chi connectivity index (χ1v) is 12.2. The first-order valence-electron chi connectivity index (χ1n) is 11.7. The highest BCUT2D eigenvalue weighted by atomic mass is 32.1. The van der Waals surface area contributed by atoms with E-state index in [-0.39, 0.29) is 17.9 Å². The standard InChI is InChI=1S/C25H33FN2O2S/c1-23-12-11-17-15(16(23)8-9-18(23)19-6-4-5-13-27-19)7-10-20-24(17,2)14-25(26,22(30)31)21(29)28(20)3/h4-6,13,15-18,20H,7-12,14H2,1-3H3,(H,30,31)/t15-,16-,17+,18?,20?,23-,24+,25?/m0/s1. The van der Waals surface area contributed by atoms with E-state index in [1.165, 1.54) is 17.0 Å². The number of halogens is 1. The van der Waals surface area contributed by atoms with Crippen LogP contribution in [0.1, 0.15) is 70.4 Å². The number of carbonyl (C=O) groups excluding carboxylic acids is 2. The van der Waals surface area contributed by atoms with Crippen LogP contribution in [0.15, 0.2) is 24.4 Å². The van der Waals surface area contributed by atoms with E-state index >= 15 is 4.39 Å². The van der Waals surface area contributed by atoms with Crippen LogP contribution in [0.2, 0.25) is 0 Å². The van der Waals surface area contributed by atoms with Gasteiger partial charge >= 0.3 is 0 Å². The molecule has 6 heteroatoms. The van der Waals surface area contributed by atoms with E-state index in [1.807, 2.05) is 12.3 Å². The van der Waals surface area contributed by atoms with Gasteiger partial charge in [0.2, 0.25) is 5.12 Å². The van der Waals surface area contributed by atoms with Crippen molar-refractivity contribution >= 4 is 23.7 Å². The molecule has 168 valence electrons. The van der Waals surface area contributed by atoms with Crippen LogP contribution in [-0.2, 0) is 9.59 Å². The molecule has 0 radical (unpaired) electrons. The van der Waals surface area contributed by atoms with Crippen molar-refractivity contribution in [2.75, 3.05) is 7.05 Å². The maximum absolute atomic E-state index is 15.7. The normalized spacial score (nSPS) is 46.8. The number of thiol groups is 1. The van der Waals surface area contributed by atoms with E-state index in [9.17, 15) is 9.59 Å². The molecule has 2 heterocycles. The Morgan fingerprint density at radius 1 is 1.13 bits per heavy atom. The quantitative estimate of drug-likeness (QED) is 0.526. The van der Waals surface area contributed by atoms with Crippen molar-refractivity contribution in [3.05, 3.63) is 30.1 Å². The highest BCUT2D eigenvalue weighted by Gasteiger charge is 2.66. The fourth-order valence-corrected chi connectivity index (χ4v) is 8.75. The molecule has 1 aromatic rings. The summed E-state index contributed by atoms with van der Waals surface area (Å²) in [5.74, 6) is 1.18. The largest absolute Gasteiger partial charge is 0.339 e. The summed E-state index contributed by atoms with van der Waals surface area (Å²) in [6.45, 7) is 4.58. The van der Waals surface area contributed by atoms with Crippen LogP contribution in [-0.4, -0.2) is 39.7 Å². The zero-order valence-corrected chi connectivity index (χ0v) is 19.6. The summed E-state index contributed by atoms with van der Waals surface area (Å²) in [6, 6.07) is 6.22. The fraction of sp³-hybridized carbons (Fsp3) is 0.720. The SMILES string of the molecule is CN1C(=O)C(F)(C(=O)S)C[C@@]2(C)C1CC[C@@H]1[C@H]2CC[C@]2(C)C(c3ccccn3)CC[C@@H]12. The first kappa shape index (κ1) is 21.4. The molecule has 1 aromatic heterocycles. The van der Waals surface area contributed by atoms with Crippen LogP contribution in [0.25, 0.3) is 0 Å². The number of pyridine rings is 1. The lowest BCUT2D eigenvalue weighted by Gasteiger charge is -2.63. The average molecular weight is 445 g/mol. The summed E-state index contributed by atoms with van der Waals surface area (Å²) in [4.78, 5) is 31.1. The monoisotopic (exact) mass is 444 g/mol. The van der Waals surface area contributed by atoms with E-state index in [0.717, 1.165) is 32.1 Å². The molecule has 4 nitrogen and oxygen atoms in total. The van der Waals surface area contributed by atoms with Gasteiger partial charge < -0.3 is 4.90 Å². The van der Waals surface area contributed by atoms with Gasteiger partial charge in [-0.2, -0.15) is 0 Å². The number of alkyl halides is 1. The van der Waals surface area contributed by atoms with Crippen molar-refractivity contribution in [2.24, 2.45) is 28.6 Å². The zero-order valence-electron chi connectivity index (χ0n) is 18.7. The van der Waals surface area contributed by atoms with Gasteiger partial charge in [0.05, 0.1) is 0 Å². The first-order chi connectivity index (χ1) is 14.6. The lowest BCUT2D eigenvalue weighted by molar-refractivity contribution is -0.182. The Labute approximate surface area is 189 Å². The molecule has 0 aromatic carbocycles. The molecule has 0 spiro atoms. The highest BCUT2D eigenvalue weighted by Crippen LogP contribution is 2.68. The molecule has 8 atom stereocenters. The van der Waals surface area contributed by atoms with Crippen LogP contribution in [0.3, 0.4) is 0 Å². The van der Waals surface area contributed by atoms with Gasteiger partial charge in [0.1, 0.15) is 0 Å². The van der Waals surface area contributed by atoms with Crippen LogP contribution in [0, 0.1) is 28.6 Å². The average Bonchev–Trinajstić information content (AvgIpc) is 3.10. The number of carbonyl (C=O) groups is 2. The van der Waals surface area contributed by atoms with Crippen molar-refractivity contribution < 1.29 is 14.0 Å². The third-order valence-corrected chi connectivity index (χ3v) is 10.3. The Hall–Kier alpha value is -1.43. The van der Waals surface area contributed by atoms with Crippen LogP contribution < -0.4 is 0 Å². The second kappa shape index (κ2) is 7.03. The third-order valence-electron chi connectivity index (χ3n) is 9.95. The van der Waals surface area contributed by atoms with Gasteiger partial charge in [-0.3, -0.25) is 14.6 Å². The molecule has 3 aliphatic carbocycles. The maximum Gasteiger partial charge on any atom is 0.269 e. The minimum atomic E-state index is -2.50. The third kappa shape index (κ3) is 2.82. The van der Waals surface area contributed by atoms with Crippen molar-refractivity contribution in [2.45, 2.75) is 76.4 Å². The van der Waals surface area contributed by atoms with Crippen LogP contribution in [0.5, 0.6) is 0 Å². The number of piperidine rings is 1. The second-order valence-corrected chi connectivity index (χ2v) is 11.5. The number of hydrogen-bond acceptors (Lipinski definition) is 3. The van der Waals surface area contributed by atoms with Crippen molar-refractivity contribution in [3.63, 3.8) is 0 Å². The van der Waals surface area contributed by atoms with Gasteiger partial charge in [0.25, 0.3) is 11.6 Å². The molecule has 5 rings (SSSR count). The molecule has 0 bridgehead atoms. The minimum Gasteiger partial charge on any atom is -0.339 e. The minimum absolute atomic E-state index is 0.00449. The Bertz CT molecular complexity index is 912. The Morgan fingerprint density at radius 2 is 1.87 bits per heavy atom. The second-order valence-electron chi connectivity index (χ2n) is 11.1. The fourth-order valence-electron chi connectivity index (χ4n) is 8.58. The van der Waals surface area contributed by atoms with Gasteiger partial charge in [-0.05, 0) is 79.2 Å². The summed E-state index contributed by atoms with van der Waals surface area (Å²) in [6.07, 6.45) is 8.28. The van der Waals surface area contributed by atoms with Crippen molar-refractivity contribution in [1.82, 2.24) is 9.88 Å². The molecule has 3 saturated carbocycles. The van der Waals surface area contributed by atoms with E-state index in [4.69, 9.17) is 4.98 Å². The lowest BCUT2D eigenvalue weighted by Crippen LogP contribution is -2.68. The summed E-state index contributed by atoms with van der Waals surface area (Å²) >= 11 is 3.80. The van der Waals surface area contributed by atoms with Gasteiger partial charge in [-0.1, -0.05) is 19.9 Å². The smallest absolute Gasteiger partial charge is 0.269 e. The molecular weight excluding hydrogens is 411 g/mol. The number of nitrogens with zero attached hydrogens (tertiary/aromatic N) is 2. The van der Waals surface area contributed by atoms with Gasteiger partial charge in [0.15, 0.2) is 0 Å². The number of aromatic nitrogens is 1. The molecule has 1 aliphatic heterocycles. The molecule has 1 saturated heterocycles. The summed E-state index contributed by atoms with van der Waals surface area (Å²) in [5, 5.41) is -0.942.